The number of hydrogen-bond acceptors (Lipinski definition) is 4. The standard InChI is InChI=1S/C26H33N3O3/c1-20(21-8-6-11-23(19-21)32-2)18-25(30)28-16-14-27(15-17-28)24-12-7-13-29(26(24)31)22-9-4-3-5-10-22/h3-6,8-11,19-20,24H,7,12-18H2,1-2H3/t20-,24-/m1/s1. The molecule has 32 heavy (non-hydrogen) atoms. The Morgan fingerprint density at radius 3 is 2.50 bits per heavy atom. The van der Waals surface area contributed by atoms with Crippen molar-refractivity contribution in [1.29, 1.82) is 0 Å². The molecule has 0 unspecified atom stereocenters. The number of carbonyl (C=O) groups is 2. The Kier molecular flexibility index (Phi) is 7.10. The number of carbonyl (C=O) groups excluding carboxylic acids is 2. The summed E-state index contributed by atoms with van der Waals surface area (Å²) in [7, 11) is 1.66. The molecule has 2 aliphatic rings. The van der Waals surface area contributed by atoms with E-state index in [9.17, 15) is 9.59 Å². The van der Waals surface area contributed by atoms with E-state index in [4.69, 9.17) is 4.74 Å². The second kappa shape index (κ2) is 10.2. The van der Waals surface area contributed by atoms with Gasteiger partial charge in [0.15, 0.2) is 0 Å². The minimum Gasteiger partial charge on any atom is -0.497 e. The van der Waals surface area contributed by atoms with Crippen LogP contribution in [-0.4, -0.2) is 67.5 Å². The Morgan fingerprint density at radius 1 is 1.03 bits per heavy atom. The Labute approximate surface area is 190 Å². The third-order valence-electron chi connectivity index (χ3n) is 6.73. The fourth-order valence-corrected chi connectivity index (χ4v) is 4.80. The van der Waals surface area contributed by atoms with Gasteiger partial charge in [-0.05, 0) is 48.6 Å². The summed E-state index contributed by atoms with van der Waals surface area (Å²) in [6, 6.07) is 17.8. The zero-order valence-corrected chi connectivity index (χ0v) is 19.1. The third kappa shape index (κ3) is 4.96. The topological polar surface area (TPSA) is 53.1 Å². The molecule has 2 fully saturated rings. The van der Waals surface area contributed by atoms with Gasteiger partial charge in [0, 0.05) is 44.8 Å². The normalized spacial score (nSPS) is 20.8. The monoisotopic (exact) mass is 435 g/mol. The molecule has 2 atom stereocenters. The van der Waals surface area contributed by atoms with Gasteiger partial charge in [0.25, 0.3) is 0 Å². The average Bonchev–Trinajstić information content (AvgIpc) is 2.85. The molecule has 6 nitrogen and oxygen atoms in total. The smallest absolute Gasteiger partial charge is 0.244 e. The first-order valence-electron chi connectivity index (χ1n) is 11.6. The van der Waals surface area contributed by atoms with Gasteiger partial charge in [0.2, 0.25) is 11.8 Å². The zero-order chi connectivity index (χ0) is 22.5. The highest BCUT2D eigenvalue weighted by molar-refractivity contribution is 5.97. The number of piperidine rings is 1. The lowest BCUT2D eigenvalue weighted by atomic mass is 9.96. The summed E-state index contributed by atoms with van der Waals surface area (Å²) in [6.45, 7) is 5.72. The molecular formula is C26H33N3O3. The van der Waals surface area contributed by atoms with Crippen molar-refractivity contribution in [2.45, 2.75) is 38.1 Å². The maximum atomic E-state index is 13.2. The zero-order valence-electron chi connectivity index (χ0n) is 19.1. The van der Waals surface area contributed by atoms with Crippen molar-refractivity contribution in [3.05, 3.63) is 60.2 Å². The minimum absolute atomic E-state index is 0.0862. The van der Waals surface area contributed by atoms with Gasteiger partial charge in [-0.3, -0.25) is 14.5 Å². The van der Waals surface area contributed by atoms with Crippen LogP contribution in [0.5, 0.6) is 5.75 Å². The van der Waals surface area contributed by atoms with Crippen LogP contribution >= 0.6 is 0 Å². The van der Waals surface area contributed by atoms with Gasteiger partial charge in [0.05, 0.1) is 13.2 Å². The fraction of sp³-hybridized carbons (Fsp3) is 0.462. The number of piperazine rings is 1. The molecule has 0 N–H and O–H groups in total. The third-order valence-corrected chi connectivity index (χ3v) is 6.73. The molecule has 2 heterocycles. The Hall–Kier alpha value is -2.86. The molecule has 0 aromatic heterocycles. The SMILES string of the molecule is COc1cccc([C@H](C)CC(=O)N2CCN([C@@H]3CCCN(c4ccccc4)C3=O)CC2)c1. The lowest BCUT2D eigenvalue weighted by Gasteiger charge is -2.42. The van der Waals surface area contributed by atoms with Crippen LogP contribution in [0, 0.1) is 0 Å². The van der Waals surface area contributed by atoms with Gasteiger partial charge >= 0.3 is 0 Å². The first-order chi connectivity index (χ1) is 15.6. The largest absolute Gasteiger partial charge is 0.497 e. The lowest BCUT2D eigenvalue weighted by Crippen LogP contribution is -2.58. The van der Waals surface area contributed by atoms with E-state index >= 15 is 0 Å². The van der Waals surface area contributed by atoms with Crippen molar-refractivity contribution < 1.29 is 14.3 Å². The fourth-order valence-electron chi connectivity index (χ4n) is 4.80. The second-order valence-electron chi connectivity index (χ2n) is 8.78. The van der Waals surface area contributed by atoms with Crippen LogP contribution in [0.4, 0.5) is 5.69 Å². The molecule has 4 rings (SSSR count). The molecule has 2 amide bonds. The molecule has 170 valence electrons. The maximum absolute atomic E-state index is 13.2. The first kappa shape index (κ1) is 22.3. The first-order valence-corrected chi connectivity index (χ1v) is 11.6. The van der Waals surface area contributed by atoms with Gasteiger partial charge in [0.1, 0.15) is 5.75 Å². The van der Waals surface area contributed by atoms with E-state index in [0.29, 0.717) is 19.5 Å². The molecule has 0 bridgehead atoms. The molecule has 2 aliphatic heterocycles. The van der Waals surface area contributed by atoms with Gasteiger partial charge in [-0.2, -0.15) is 0 Å². The van der Waals surface area contributed by atoms with Gasteiger partial charge in [-0.15, -0.1) is 0 Å². The van der Waals surface area contributed by atoms with E-state index in [2.05, 4.69) is 11.8 Å². The molecule has 0 spiro atoms. The predicted molar refractivity (Wildman–Crippen MR) is 126 cm³/mol. The Morgan fingerprint density at radius 2 is 1.78 bits per heavy atom. The van der Waals surface area contributed by atoms with Crippen molar-refractivity contribution in [1.82, 2.24) is 9.80 Å². The molecule has 0 radical (unpaired) electrons. The van der Waals surface area contributed by atoms with Crippen molar-refractivity contribution in [2.24, 2.45) is 0 Å². The summed E-state index contributed by atoms with van der Waals surface area (Å²) >= 11 is 0. The molecule has 0 saturated carbocycles. The van der Waals surface area contributed by atoms with E-state index in [1.807, 2.05) is 64.4 Å². The summed E-state index contributed by atoms with van der Waals surface area (Å²) in [6.07, 6.45) is 2.38. The van der Waals surface area contributed by atoms with E-state index in [1.165, 1.54) is 0 Å². The quantitative estimate of drug-likeness (QED) is 0.697. The number of amides is 2. The van der Waals surface area contributed by atoms with Crippen LogP contribution in [0.2, 0.25) is 0 Å². The summed E-state index contributed by atoms with van der Waals surface area (Å²) in [5, 5.41) is 0. The number of para-hydroxylation sites is 1. The second-order valence-corrected chi connectivity index (χ2v) is 8.78. The average molecular weight is 436 g/mol. The van der Waals surface area contributed by atoms with Crippen molar-refractivity contribution in [2.75, 3.05) is 44.7 Å². The molecular weight excluding hydrogens is 402 g/mol. The van der Waals surface area contributed by atoms with Gasteiger partial charge in [-0.1, -0.05) is 37.3 Å². The number of hydrogen-bond donors (Lipinski definition) is 0. The number of methoxy groups -OCH3 is 1. The number of anilines is 1. The van der Waals surface area contributed by atoms with Crippen LogP contribution < -0.4 is 9.64 Å². The Bertz CT molecular complexity index is 925. The van der Waals surface area contributed by atoms with Crippen LogP contribution in [0.3, 0.4) is 0 Å². The highest BCUT2D eigenvalue weighted by Gasteiger charge is 2.36. The molecule has 2 saturated heterocycles. The van der Waals surface area contributed by atoms with Gasteiger partial charge < -0.3 is 14.5 Å². The lowest BCUT2D eigenvalue weighted by molar-refractivity contribution is -0.134. The number of rotatable bonds is 6. The number of benzene rings is 2. The summed E-state index contributed by atoms with van der Waals surface area (Å²) in [5.74, 6) is 1.32. The highest BCUT2D eigenvalue weighted by Crippen LogP contribution is 2.26. The summed E-state index contributed by atoms with van der Waals surface area (Å²) in [4.78, 5) is 32.3. The molecule has 6 heteroatoms. The van der Waals surface area contributed by atoms with E-state index in [1.54, 1.807) is 7.11 Å². The molecule has 2 aromatic rings. The van der Waals surface area contributed by atoms with Crippen LogP contribution in [0.1, 0.15) is 37.7 Å². The molecule has 2 aromatic carbocycles. The predicted octanol–water partition coefficient (Wildman–Crippen LogP) is 3.53. The van der Waals surface area contributed by atoms with E-state index < -0.39 is 0 Å². The van der Waals surface area contributed by atoms with Crippen molar-refractivity contribution in [3.63, 3.8) is 0 Å². The minimum atomic E-state index is -0.0862. The number of nitrogens with zero attached hydrogens (tertiary/aromatic N) is 3. The Balaban J connectivity index is 1.31. The van der Waals surface area contributed by atoms with E-state index in [0.717, 1.165) is 49.5 Å². The van der Waals surface area contributed by atoms with Crippen molar-refractivity contribution >= 4 is 17.5 Å². The summed E-state index contributed by atoms with van der Waals surface area (Å²) < 4.78 is 5.31. The van der Waals surface area contributed by atoms with Crippen LogP contribution in [-0.2, 0) is 9.59 Å². The van der Waals surface area contributed by atoms with Crippen LogP contribution in [0.25, 0.3) is 0 Å². The van der Waals surface area contributed by atoms with Crippen molar-refractivity contribution in [3.8, 4) is 5.75 Å². The number of ether oxygens (including phenoxy) is 1. The van der Waals surface area contributed by atoms with Crippen LogP contribution in [0.15, 0.2) is 54.6 Å². The van der Waals surface area contributed by atoms with Gasteiger partial charge in [-0.25, -0.2) is 0 Å². The molecule has 0 aliphatic carbocycles. The highest BCUT2D eigenvalue weighted by atomic mass is 16.5. The van der Waals surface area contributed by atoms with E-state index in [-0.39, 0.29) is 23.8 Å². The maximum Gasteiger partial charge on any atom is 0.244 e. The summed E-state index contributed by atoms with van der Waals surface area (Å²) in [5.41, 5.74) is 2.09.